The summed E-state index contributed by atoms with van der Waals surface area (Å²) < 4.78 is 0. The summed E-state index contributed by atoms with van der Waals surface area (Å²) in [4.78, 5) is 0. The number of hydrogen-bond donors (Lipinski definition) is 2. The Morgan fingerprint density at radius 3 is 2.38 bits per heavy atom. The molecule has 4 heteroatoms. The third kappa shape index (κ3) is 3.63. The molecule has 0 radical (unpaired) electrons. The standard InChI is InChI=1S/C12H18N2.2ClH/c1-9-3-4-11(7-10(9)2)12-8-13-5-6-14-12;;/h3-4,7,12-14H,5-6,8H2,1-2H3;2*1H. The molecule has 0 aliphatic carbocycles. The quantitative estimate of drug-likeness (QED) is 0.813. The molecule has 0 amide bonds. The maximum atomic E-state index is 3.52. The van der Waals surface area contributed by atoms with E-state index in [1.165, 1.54) is 16.7 Å². The second-order valence-corrected chi connectivity index (χ2v) is 4.05. The van der Waals surface area contributed by atoms with E-state index in [0.29, 0.717) is 6.04 Å². The molecule has 0 spiro atoms. The second kappa shape index (κ2) is 7.13. The highest BCUT2D eigenvalue weighted by Crippen LogP contribution is 2.17. The lowest BCUT2D eigenvalue weighted by Gasteiger charge is -2.25. The minimum Gasteiger partial charge on any atom is -0.314 e. The van der Waals surface area contributed by atoms with E-state index in [0.717, 1.165) is 19.6 Å². The van der Waals surface area contributed by atoms with Crippen molar-refractivity contribution >= 4 is 24.8 Å². The van der Waals surface area contributed by atoms with Gasteiger partial charge in [-0.2, -0.15) is 0 Å². The largest absolute Gasteiger partial charge is 0.314 e. The molecule has 1 atom stereocenters. The van der Waals surface area contributed by atoms with Crippen LogP contribution >= 0.6 is 24.8 Å². The zero-order valence-electron chi connectivity index (χ0n) is 9.75. The van der Waals surface area contributed by atoms with Crippen molar-refractivity contribution in [2.24, 2.45) is 0 Å². The Balaban J connectivity index is 0.00000112. The third-order valence-corrected chi connectivity index (χ3v) is 2.97. The summed E-state index contributed by atoms with van der Waals surface area (Å²) in [6.45, 7) is 7.53. The zero-order valence-corrected chi connectivity index (χ0v) is 11.4. The average molecular weight is 263 g/mol. The molecule has 1 aliphatic rings. The summed E-state index contributed by atoms with van der Waals surface area (Å²) in [5.41, 5.74) is 4.16. The molecule has 1 unspecified atom stereocenters. The molecule has 0 aromatic heterocycles. The van der Waals surface area contributed by atoms with Crippen molar-refractivity contribution < 1.29 is 0 Å². The van der Waals surface area contributed by atoms with Gasteiger partial charge in [0.25, 0.3) is 0 Å². The van der Waals surface area contributed by atoms with E-state index < -0.39 is 0 Å². The Bertz CT molecular complexity index is 323. The van der Waals surface area contributed by atoms with Crippen molar-refractivity contribution in [3.05, 3.63) is 34.9 Å². The fourth-order valence-electron chi connectivity index (χ4n) is 1.87. The van der Waals surface area contributed by atoms with Crippen LogP contribution in [-0.2, 0) is 0 Å². The molecule has 1 fully saturated rings. The maximum Gasteiger partial charge on any atom is 0.0447 e. The first kappa shape index (κ1) is 15.7. The summed E-state index contributed by atoms with van der Waals surface area (Å²) in [6.07, 6.45) is 0. The molecule has 16 heavy (non-hydrogen) atoms. The Hall–Kier alpha value is -0.280. The predicted octanol–water partition coefficient (Wildman–Crippen LogP) is 2.38. The molecule has 2 N–H and O–H groups in total. The molecule has 0 bridgehead atoms. The first-order valence-corrected chi connectivity index (χ1v) is 5.28. The molecule has 1 saturated heterocycles. The van der Waals surface area contributed by atoms with Gasteiger partial charge in [-0.15, -0.1) is 24.8 Å². The molecule has 1 heterocycles. The van der Waals surface area contributed by atoms with Gasteiger partial charge in [-0.3, -0.25) is 0 Å². The van der Waals surface area contributed by atoms with Gasteiger partial charge < -0.3 is 10.6 Å². The predicted molar refractivity (Wildman–Crippen MR) is 74.0 cm³/mol. The van der Waals surface area contributed by atoms with Crippen molar-refractivity contribution in [1.82, 2.24) is 10.6 Å². The lowest BCUT2D eigenvalue weighted by Crippen LogP contribution is -2.42. The molecule has 1 aliphatic heterocycles. The lowest BCUT2D eigenvalue weighted by molar-refractivity contribution is 0.430. The van der Waals surface area contributed by atoms with E-state index in [1.807, 2.05) is 0 Å². The van der Waals surface area contributed by atoms with Gasteiger partial charge in [0.15, 0.2) is 0 Å². The van der Waals surface area contributed by atoms with Crippen LogP contribution in [0, 0.1) is 13.8 Å². The van der Waals surface area contributed by atoms with Crippen LogP contribution in [-0.4, -0.2) is 19.6 Å². The minimum absolute atomic E-state index is 0. The Kier molecular flexibility index (Phi) is 7.00. The molecule has 0 saturated carbocycles. The van der Waals surface area contributed by atoms with Crippen LogP contribution in [0.2, 0.25) is 0 Å². The molecular formula is C12H20Cl2N2. The first-order valence-electron chi connectivity index (χ1n) is 5.28. The minimum atomic E-state index is 0. The van der Waals surface area contributed by atoms with Crippen LogP contribution in [0.15, 0.2) is 18.2 Å². The Morgan fingerprint density at radius 2 is 1.81 bits per heavy atom. The fraction of sp³-hybridized carbons (Fsp3) is 0.500. The highest BCUT2D eigenvalue weighted by Gasteiger charge is 2.13. The smallest absolute Gasteiger partial charge is 0.0447 e. The normalized spacial score (nSPS) is 19.5. The van der Waals surface area contributed by atoms with Gasteiger partial charge in [-0.25, -0.2) is 0 Å². The Morgan fingerprint density at radius 1 is 1.06 bits per heavy atom. The van der Waals surface area contributed by atoms with Crippen LogP contribution in [0.1, 0.15) is 22.7 Å². The number of benzene rings is 1. The SMILES string of the molecule is Cc1ccc(C2CNCCN2)cc1C.Cl.Cl. The number of rotatable bonds is 1. The third-order valence-electron chi connectivity index (χ3n) is 2.97. The zero-order chi connectivity index (χ0) is 9.97. The van der Waals surface area contributed by atoms with Gasteiger partial charge in [0.1, 0.15) is 0 Å². The fourth-order valence-corrected chi connectivity index (χ4v) is 1.87. The molecule has 1 aromatic rings. The van der Waals surface area contributed by atoms with Gasteiger partial charge in [0, 0.05) is 25.7 Å². The van der Waals surface area contributed by atoms with Crippen molar-refractivity contribution in [1.29, 1.82) is 0 Å². The summed E-state index contributed by atoms with van der Waals surface area (Å²) >= 11 is 0. The van der Waals surface area contributed by atoms with E-state index in [9.17, 15) is 0 Å². The van der Waals surface area contributed by atoms with Crippen molar-refractivity contribution in [3.63, 3.8) is 0 Å². The maximum absolute atomic E-state index is 3.52. The summed E-state index contributed by atoms with van der Waals surface area (Å²) in [6, 6.07) is 7.22. The highest BCUT2D eigenvalue weighted by atomic mass is 35.5. The molecule has 2 nitrogen and oxygen atoms in total. The number of piperazine rings is 1. The van der Waals surface area contributed by atoms with Crippen LogP contribution in [0.3, 0.4) is 0 Å². The van der Waals surface area contributed by atoms with Crippen LogP contribution in [0.25, 0.3) is 0 Å². The van der Waals surface area contributed by atoms with Crippen LogP contribution in [0.5, 0.6) is 0 Å². The average Bonchev–Trinajstić information content (AvgIpc) is 2.23. The highest BCUT2D eigenvalue weighted by molar-refractivity contribution is 5.85. The van der Waals surface area contributed by atoms with Gasteiger partial charge in [-0.05, 0) is 30.5 Å². The summed E-state index contributed by atoms with van der Waals surface area (Å²) in [5, 5.41) is 6.92. The first-order chi connectivity index (χ1) is 6.77. The number of aryl methyl sites for hydroxylation is 2. The lowest BCUT2D eigenvalue weighted by atomic mass is 10.0. The molecule has 1 aromatic carbocycles. The topological polar surface area (TPSA) is 24.1 Å². The molecule has 92 valence electrons. The molecule has 2 rings (SSSR count). The second-order valence-electron chi connectivity index (χ2n) is 4.05. The van der Waals surface area contributed by atoms with Crippen LogP contribution < -0.4 is 10.6 Å². The van der Waals surface area contributed by atoms with E-state index in [-0.39, 0.29) is 24.8 Å². The van der Waals surface area contributed by atoms with Gasteiger partial charge in [0.05, 0.1) is 0 Å². The number of nitrogens with one attached hydrogen (secondary N) is 2. The summed E-state index contributed by atoms with van der Waals surface area (Å²) in [7, 11) is 0. The van der Waals surface area contributed by atoms with Crippen molar-refractivity contribution in [3.8, 4) is 0 Å². The van der Waals surface area contributed by atoms with E-state index >= 15 is 0 Å². The van der Waals surface area contributed by atoms with Gasteiger partial charge in [0.2, 0.25) is 0 Å². The van der Waals surface area contributed by atoms with Gasteiger partial charge >= 0.3 is 0 Å². The molecular weight excluding hydrogens is 243 g/mol. The van der Waals surface area contributed by atoms with Crippen LogP contribution in [0.4, 0.5) is 0 Å². The van der Waals surface area contributed by atoms with E-state index in [2.05, 4.69) is 42.7 Å². The number of hydrogen-bond acceptors (Lipinski definition) is 2. The van der Waals surface area contributed by atoms with Crippen molar-refractivity contribution in [2.75, 3.05) is 19.6 Å². The summed E-state index contributed by atoms with van der Waals surface area (Å²) in [5.74, 6) is 0. The van der Waals surface area contributed by atoms with Gasteiger partial charge in [-0.1, -0.05) is 18.2 Å². The number of halogens is 2. The van der Waals surface area contributed by atoms with E-state index in [1.54, 1.807) is 0 Å². The Labute approximate surface area is 110 Å². The van der Waals surface area contributed by atoms with E-state index in [4.69, 9.17) is 0 Å². The van der Waals surface area contributed by atoms with Crippen molar-refractivity contribution in [2.45, 2.75) is 19.9 Å². The monoisotopic (exact) mass is 262 g/mol.